The highest BCUT2D eigenvalue weighted by Gasteiger charge is 2.23. The Balaban J connectivity index is 2.56. The summed E-state index contributed by atoms with van der Waals surface area (Å²) in [7, 11) is 0. The molecule has 0 saturated heterocycles. The van der Waals surface area contributed by atoms with Crippen LogP contribution < -0.4 is 5.32 Å². The van der Waals surface area contributed by atoms with E-state index in [4.69, 9.17) is 11.6 Å². The molecule has 0 radical (unpaired) electrons. The molecular formula is C11H8ClNO2. The molecule has 15 heavy (non-hydrogen) atoms. The van der Waals surface area contributed by atoms with Gasteiger partial charge in [0.25, 0.3) is 11.8 Å². The minimum Gasteiger partial charge on any atom is -0.289 e. The number of carbonyl (C=O) groups is 2. The number of imide groups is 1. The third kappa shape index (κ3) is 1.66. The molecule has 1 heterocycles. The molecule has 0 bridgehead atoms. The van der Waals surface area contributed by atoms with Gasteiger partial charge in [0.05, 0.1) is 5.57 Å². The summed E-state index contributed by atoms with van der Waals surface area (Å²) < 4.78 is 0. The number of hydrogen-bond donors (Lipinski definition) is 1. The lowest BCUT2D eigenvalue weighted by Gasteiger charge is -2.06. The van der Waals surface area contributed by atoms with E-state index in [-0.39, 0.29) is 11.8 Å². The topological polar surface area (TPSA) is 46.2 Å². The largest absolute Gasteiger partial charge is 0.289 e. The van der Waals surface area contributed by atoms with Crippen molar-refractivity contribution in [2.75, 3.05) is 0 Å². The summed E-state index contributed by atoms with van der Waals surface area (Å²) >= 11 is 5.93. The third-order valence-electron chi connectivity index (χ3n) is 2.31. The van der Waals surface area contributed by atoms with Gasteiger partial charge in [0, 0.05) is 11.1 Å². The van der Waals surface area contributed by atoms with E-state index in [0.29, 0.717) is 16.2 Å². The first-order chi connectivity index (χ1) is 7.09. The van der Waals surface area contributed by atoms with Crippen LogP contribution in [-0.4, -0.2) is 11.8 Å². The number of nitrogens with one attached hydrogen (secondary N) is 1. The maximum Gasteiger partial charge on any atom is 0.258 e. The van der Waals surface area contributed by atoms with Crippen molar-refractivity contribution >= 4 is 29.0 Å². The minimum atomic E-state index is -0.380. The van der Waals surface area contributed by atoms with Crippen LogP contribution in [0.2, 0.25) is 5.02 Å². The number of amides is 2. The molecule has 1 aromatic carbocycles. The molecule has 1 N–H and O–H groups in total. The predicted molar refractivity (Wildman–Crippen MR) is 57.3 cm³/mol. The SMILES string of the molecule is Cc1c(Cl)cccc1C1=CC(=O)NC1=O. The van der Waals surface area contributed by atoms with E-state index >= 15 is 0 Å². The van der Waals surface area contributed by atoms with Gasteiger partial charge in [-0.15, -0.1) is 0 Å². The third-order valence-corrected chi connectivity index (χ3v) is 2.72. The Morgan fingerprint density at radius 1 is 1.27 bits per heavy atom. The van der Waals surface area contributed by atoms with Crippen LogP contribution in [0, 0.1) is 6.92 Å². The first-order valence-corrected chi connectivity index (χ1v) is 4.80. The summed E-state index contributed by atoms with van der Waals surface area (Å²) in [5.41, 5.74) is 1.88. The first-order valence-electron chi connectivity index (χ1n) is 4.42. The Labute approximate surface area is 91.7 Å². The normalized spacial score (nSPS) is 15.2. The summed E-state index contributed by atoms with van der Waals surface area (Å²) in [5, 5.41) is 2.78. The quantitative estimate of drug-likeness (QED) is 0.734. The van der Waals surface area contributed by atoms with Crippen molar-refractivity contribution in [3.05, 3.63) is 40.4 Å². The molecule has 0 fully saturated rings. The fourth-order valence-corrected chi connectivity index (χ4v) is 1.69. The van der Waals surface area contributed by atoms with Gasteiger partial charge in [-0.05, 0) is 24.1 Å². The first kappa shape index (κ1) is 9.93. The standard InChI is InChI=1S/C11H8ClNO2/c1-6-7(3-2-4-9(6)12)8-5-10(14)13-11(8)15/h2-5H,1H3,(H,13,14,15). The molecule has 76 valence electrons. The van der Waals surface area contributed by atoms with E-state index < -0.39 is 0 Å². The Kier molecular flexibility index (Phi) is 2.32. The van der Waals surface area contributed by atoms with Gasteiger partial charge in [0.1, 0.15) is 0 Å². The number of rotatable bonds is 1. The predicted octanol–water partition coefficient (Wildman–Crippen LogP) is 1.69. The van der Waals surface area contributed by atoms with Crippen LogP contribution in [0.1, 0.15) is 11.1 Å². The van der Waals surface area contributed by atoms with Crippen LogP contribution in [-0.2, 0) is 9.59 Å². The molecule has 1 aliphatic heterocycles. The van der Waals surface area contributed by atoms with Gasteiger partial charge in [-0.3, -0.25) is 14.9 Å². The van der Waals surface area contributed by atoms with Gasteiger partial charge >= 0.3 is 0 Å². The molecule has 0 aliphatic carbocycles. The summed E-state index contributed by atoms with van der Waals surface area (Å²) in [6, 6.07) is 5.27. The van der Waals surface area contributed by atoms with Crippen LogP contribution >= 0.6 is 11.6 Å². The summed E-state index contributed by atoms with van der Waals surface area (Å²) in [5.74, 6) is -0.750. The highest BCUT2D eigenvalue weighted by atomic mass is 35.5. The van der Waals surface area contributed by atoms with Crippen molar-refractivity contribution in [2.45, 2.75) is 6.92 Å². The van der Waals surface area contributed by atoms with Crippen LogP contribution in [0.4, 0.5) is 0 Å². The van der Waals surface area contributed by atoms with Crippen molar-refractivity contribution < 1.29 is 9.59 Å². The fraction of sp³-hybridized carbons (Fsp3) is 0.0909. The van der Waals surface area contributed by atoms with E-state index in [1.807, 2.05) is 6.92 Å². The second-order valence-electron chi connectivity index (χ2n) is 3.29. The molecule has 3 nitrogen and oxygen atoms in total. The summed E-state index contributed by atoms with van der Waals surface area (Å²) in [6.07, 6.45) is 1.29. The smallest absolute Gasteiger partial charge is 0.258 e. The molecule has 2 rings (SSSR count). The van der Waals surface area contributed by atoms with E-state index in [2.05, 4.69) is 5.32 Å². The van der Waals surface area contributed by atoms with Crippen molar-refractivity contribution in [2.24, 2.45) is 0 Å². The van der Waals surface area contributed by atoms with Gasteiger partial charge < -0.3 is 0 Å². The van der Waals surface area contributed by atoms with Gasteiger partial charge in [0.15, 0.2) is 0 Å². The molecule has 0 unspecified atom stereocenters. The summed E-state index contributed by atoms with van der Waals surface area (Å²) in [6.45, 7) is 1.81. The van der Waals surface area contributed by atoms with E-state index in [0.717, 1.165) is 5.56 Å². The van der Waals surface area contributed by atoms with Crippen molar-refractivity contribution in [3.8, 4) is 0 Å². The number of hydrogen-bond acceptors (Lipinski definition) is 2. The Morgan fingerprint density at radius 3 is 2.60 bits per heavy atom. The molecule has 0 saturated carbocycles. The molecule has 0 atom stereocenters. The molecular weight excluding hydrogens is 214 g/mol. The van der Waals surface area contributed by atoms with Crippen LogP contribution in [0.25, 0.3) is 5.57 Å². The molecule has 1 aromatic rings. The van der Waals surface area contributed by atoms with Gasteiger partial charge in [-0.1, -0.05) is 23.7 Å². The zero-order valence-corrected chi connectivity index (χ0v) is 8.76. The van der Waals surface area contributed by atoms with Crippen LogP contribution in [0.3, 0.4) is 0 Å². The minimum absolute atomic E-state index is 0.370. The second kappa shape index (κ2) is 3.51. The maximum atomic E-state index is 11.4. The molecule has 0 spiro atoms. The van der Waals surface area contributed by atoms with Crippen molar-refractivity contribution in [3.63, 3.8) is 0 Å². The molecule has 2 amide bonds. The highest BCUT2D eigenvalue weighted by Crippen LogP contribution is 2.26. The summed E-state index contributed by atoms with van der Waals surface area (Å²) in [4.78, 5) is 22.4. The van der Waals surface area contributed by atoms with E-state index in [1.54, 1.807) is 18.2 Å². The average molecular weight is 222 g/mol. The Bertz CT molecular complexity index is 491. The maximum absolute atomic E-state index is 11.4. The zero-order chi connectivity index (χ0) is 11.0. The average Bonchev–Trinajstić information content (AvgIpc) is 2.50. The molecule has 4 heteroatoms. The zero-order valence-electron chi connectivity index (χ0n) is 8.00. The number of carbonyl (C=O) groups excluding carboxylic acids is 2. The lowest BCUT2D eigenvalue weighted by molar-refractivity contribution is -0.123. The van der Waals surface area contributed by atoms with Crippen LogP contribution in [0.5, 0.6) is 0 Å². The van der Waals surface area contributed by atoms with Gasteiger partial charge in [-0.2, -0.15) is 0 Å². The lowest BCUT2D eigenvalue weighted by atomic mass is 10.0. The van der Waals surface area contributed by atoms with E-state index in [9.17, 15) is 9.59 Å². The highest BCUT2D eigenvalue weighted by molar-refractivity contribution is 6.35. The van der Waals surface area contributed by atoms with Crippen molar-refractivity contribution in [1.82, 2.24) is 5.32 Å². The molecule has 1 aliphatic rings. The monoisotopic (exact) mass is 221 g/mol. The van der Waals surface area contributed by atoms with Crippen molar-refractivity contribution in [1.29, 1.82) is 0 Å². The number of halogens is 1. The van der Waals surface area contributed by atoms with Crippen LogP contribution in [0.15, 0.2) is 24.3 Å². The van der Waals surface area contributed by atoms with Gasteiger partial charge in [-0.25, -0.2) is 0 Å². The van der Waals surface area contributed by atoms with E-state index in [1.165, 1.54) is 6.08 Å². The number of benzene rings is 1. The lowest BCUT2D eigenvalue weighted by Crippen LogP contribution is -2.21. The molecule has 0 aromatic heterocycles. The second-order valence-corrected chi connectivity index (χ2v) is 3.70. The Hall–Kier alpha value is -1.61. The van der Waals surface area contributed by atoms with Gasteiger partial charge in [0.2, 0.25) is 0 Å². The fourth-order valence-electron chi connectivity index (χ4n) is 1.51. The Morgan fingerprint density at radius 2 is 2.00 bits per heavy atom.